The van der Waals surface area contributed by atoms with Gasteiger partial charge in [0.2, 0.25) is 0 Å². The molecule has 1 fully saturated rings. The van der Waals surface area contributed by atoms with E-state index in [0.29, 0.717) is 33.3 Å². The van der Waals surface area contributed by atoms with E-state index in [0.717, 1.165) is 16.1 Å². The van der Waals surface area contributed by atoms with Gasteiger partial charge in [-0.3, -0.25) is 0 Å². The lowest BCUT2D eigenvalue weighted by Gasteiger charge is -2.19. The highest BCUT2D eigenvalue weighted by Crippen LogP contribution is 2.45. The summed E-state index contributed by atoms with van der Waals surface area (Å²) < 4.78 is 1.87. The summed E-state index contributed by atoms with van der Waals surface area (Å²) in [6, 6.07) is 4.76. The molecule has 3 aromatic heterocycles. The number of anilines is 1. The Morgan fingerprint density at radius 3 is 2.53 bits per heavy atom. The number of fused-ring (bicyclic) bond motifs is 1. The molecule has 0 aliphatic heterocycles. The number of nitrogen functional groups attached to an aromatic ring is 1. The predicted octanol–water partition coefficient (Wildman–Crippen LogP) is 3.89. The average Bonchev–Trinajstić information content (AvgIpc) is 3.41. The zero-order valence-corrected chi connectivity index (χ0v) is 17.8. The number of thiazole rings is 1. The number of aliphatic hydroxyl groups excluding tert-OH is 2. The van der Waals surface area contributed by atoms with E-state index >= 15 is 0 Å². The van der Waals surface area contributed by atoms with Crippen molar-refractivity contribution in [3.05, 3.63) is 57.9 Å². The van der Waals surface area contributed by atoms with Crippen molar-refractivity contribution in [3.8, 4) is 10.6 Å². The van der Waals surface area contributed by atoms with Crippen LogP contribution < -0.4 is 5.73 Å². The van der Waals surface area contributed by atoms with Crippen molar-refractivity contribution >= 4 is 51.4 Å². The van der Waals surface area contributed by atoms with Gasteiger partial charge in [-0.2, -0.15) is 0 Å². The van der Waals surface area contributed by atoms with Crippen LogP contribution in [0, 0.1) is 0 Å². The Kier molecular flexibility index (Phi) is 4.91. The predicted molar refractivity (Wildman–Crippen MR) is 118 cm³/mol. The van der Waals surface area contributed by atoms with Crippen LogP contribution in [0.5, 0.6) is 0 Å². The van der Waals surface area contributed by atoms with Crippen molar-refractivity contribution in [2.45, 2.75) is 30.6 Å². The third-order valence-corrected chi connectivity index (χ3v) is 6.87. The molecule has 0 spiro atoms. The smallest absolute Gasteiger partial charge is 0.146 e. The topological polar surface area (TPSA) is 110 Å². The van der Waals surface area contributed by atoms with E-state index in [4.69, 9.17) is 28.9 Å². The second kappa shape index (κ2) is 7.47. The maximum Gasteiger partial charge on any atom is 0.146 e. The van der Waals surface area contributed by atoms with Crippen LogP contribution in [0.25, 0.3) is 21.6 Å². The lowest BCUT2D eigenvalue weighted by molar-refractivity contribution is 0.0179. The number of benzene rings is 1. The molecule has 4 N–H and O–H groups in total. The van der Waals surface area contributed by atoms with Gasteiger partial charge in [-0.1, -0.05) is 23.2 Å². The second-order valence-electron chi connectivity index (χ2n) is 7.34. The Balaban J connectivity index is 1.61. The Hall–Kier alpha value is -2.23. The zero-order valence-electron chi connectivity index (χ0n) is 15.5. The van der Waals surface area contributed by atoms with Crippen LogP contribution >= 0.6 is 34.5 Å². The number of halogens is 2. The molecule has 0 unspecified atom stereocenters. The average molecular weight is 462 g/mol. The first-order valence-corrected chi connectivity index (χ1v) is 10.9. The molecular weight excluding hydrogens is 445 g/mol. The molecule has 1 saturated carbocycles. The SMILES string of the molecule is Nc1ncnc2c1c(-c1nccs1)cn2[C@@H]1C[C@H](c2cc(Cl)cc(Cl)c2)[C@@H](O)[C@H]1O. The van der Waals surface area contributed by atoms with Gasteiger partial charge < -0.3 is 20.5 Å². The van der Waals surface area contributed by atoms with Gasteiger partial charge in [-0.25, -0.2) is 15.0 Å². The Labute approximate surface area is 185 Å². The van der Waals surface area contributed by atoms with Gasteiger partial charge in [0.1, 0.15) is 28.9 Å². The van der Waals surface area contributed by atoms with Gasteiger partial charge in [0.25, 0.3) is 0 Å². The fourth-order valence-corrected chi connectivity index (χ4v) is 5.48. The molecule has 154 valence electrons. The summed E-state index contributed by atoms with van der Waals surface area (Å²) in [5.74, 6) is 0.0105. The van der Waals surface area contributed by atoms with E-state index in [1.807, 2.05) is 16.1 Å². The lowest BCUT2D eigenvalue weighted by atomic mass is 9.95. The molecule has 1 aliphatic rings. The molecule has 5 rings (SSSR count). The first-order chi connectivity index (χ1) is 14.4. The molecule has 1 aromatic carbocycles. The van der Waals surface area contributed by atoms with Crippen LogP contribution in [0.1, 0.15) is 23.9 Å². The Morgan fingerprint density at radius 2 is 1.83 bits per heavy atom. The first kappa shape index (κ1) is 19.7. The van der Waals surface area contributed by atoms with Crippen LogP contribution in [-0.2, 0) is 0 Å². The normalized spacial score (nSPS) is 24.0. The molecule has 0 saturated heterocycles. The van der Waals surface area contributed by atoms with Crippen molar-refractivity contribution in [1.29, 1.82) is 0 Å². The molecule has 4 atom stereocenters. The van der Waals surface area contributed by atoms with Crippen molar-refractivity contribution in [1.82, 2.24) is 19.5 Å². The van der Waals surface area contributed by atoms with Gasteiger partial charge in [-0.15, -0.1) is 11.3 Å². The third kappa shape index (κ3) is 3.16. The van der Waals surface area contributed by atoms with Crippen LogP contribution in [0.15, 0.2) is 42.3 Å². The number of nitrogens with two attached hydrogens (primary N) is 1. The lowest BCUT2D eigenvalue weighted by Crippen LogP contribution is -2.28. The summed E-state index contributed by atoms with van der Waals surface area (Å²) in [5, 5.41) is 26.1. The number of hydrogen-bond acceptors (Lipinski definition) is 7. The minimum atomic E-state index is -1.01. The third-order valence-electron chi connectivity index (χ3n) is 5.62. The summed E-state index contributed by atoms with van der Waals surface area (Å²) >= 11 is 13.8. The van der Waals surface area contributed by atoms with Crippen molar-refractivity contribution in [2.24, 2.45) is 0 Å². The van der Waals surface area contributed by atoms with Gasteiger partial charge in [0.05, 0.1) is 17.5 Å². The number of aromatic nitrogens is 4. The molecule has 30 heavy (non-hydrogen) atoms. The summed E-state index contributed by atoms with van der Waals surface area (Å²) in [4.78, 5) is 12.9. The van der Waals surface area contributed by atoms with Crippen LogP contribution in [0.2, 0.25) is 10.0 Å². The Morgan fingerprint density at radius 1 is 1.07 bits per heavy atom. The van der Waals surface area contributed by atoms with E-state index < -0.39 is 18.2 Å². The molecule has 10 heteroatoms. The van der Waals surface area contributed by atoms with E-state index in [1.54, 1.807) is 24.4 Å². The maximum atomic E-state index is 10.9. The zero-order chi connectivity index (χ0) is 21.0. The minimum absolute atomic E-state index is 0.332. The summed E-state index contributed by atoms with van der Waals surface area (Å²) in [7, 11) is 0. The largest absolute Gasteiger partial charge is 0.390 e. The molecular formula is C20H17Cl2N5O2S. The van der Waals surface area contributed by atoms with Crippen LogP contribution in [-0.4, -0.2) is 41.9 Å². The fraction of sp³-hybridized carbons (Fsp3) is 0.250. The molecule has 0 radical (unpaired) electrons. The number of hydrogen-bond donors (Lipinski definition) is 3. The summed E-state index contributed by atoms with van der Waals surface area (Å²) in [6.07, 6.45) is 3.47. The molecule has 1 aliphatic carbocycles. The fourth-order valence-electron chi connectivity index (χ4n) is 4.29. The first-order valence-electron chi connectivity index (χ1n) is 9.27. The Bertz CT molecular complexity index is 1210. The van der Waals surface area contributed by atoms with E-state index in [2.05, 4.69) is 15.0 Å². The molecule has 0 bridgehead atoms. The number of aliphatic hydroxyl groups is 2. The van der Waals surface area contributed by atoms with E-state index in [-0.39, 0.29) is 5.92 Å². The van der Waals surface area contributed by atoms with Crippen LogP contribution in [0.3, 0.4) is 0 Å². The quantitative estimate of drug-likeness (QED) is 0.426. The van der Waals surface area contributed by atoms with Gasteiger partial charge >= 0.3 is 0 Å². The highest BCUT2D eigenvalue weighted by atomic mass is 35.5. The number of nitrogens with zero attached hydrogens (tertiary/aromatic N) is 4. The van der Waals surface area contributed by atoms with Gasteiger partial charge in [0.15, 0.2) is 0 Å². The van der Waals surface area contributed by atoms with Crippen molar-refractivity contribution in [3.63, 3.8) is 0 Å². The highest BCUT2D eigenvalue weighted by Gasteiger charge is 2.44. The summed E-state index contributed by atoms with van der Waals surface area (Å²) in [5.41, 5.74) is 8.34. The monoisotopic (exact) mass is 461 g/mol. The van der Waals surface area contributed by atoms with E-state index in [9.17, 15) is 10.2 Å². The summed E-state index contributed by atoms with van der Waals surface area (Å²) in [6.45, 7) is 0. The van der Waals surface area contributed by atoms with Gasteiger partial charge in [-0.05, 0) is 30.2 Å². The molecule has 0 amide bonds. The second-order valence-corrected chi connectivity index (χ2v) is 9.11. The highest BCUT2D eigenvalue weighted by molar-refractivity contribution is 7.13. The standard InChI is InChI=1S/C20H17Cl2N5O2S/c21-10-3-9(4-11(22)5-10)12-6-14(17(29)16(12)28)27-7-13(20-24-1-2-30-20)15-18(23)25-8-26-19(15)27/h1-5,7-8,12,14,16-17,28-29H,6H2,(H2,23,25,26)/t12-,14-,16-,17+/m1/s1. The molecule has 3 heterocycles. The maximum absolute atomic E-state index is 10.9. The van der Waals surface area contributed by atoms with E-state index in [1.165, 1.54) is 17.7 Å². The molecule has 7 nitrogen and oxygen atoms in total. The molecule has 4 aromatic rings. The van der Waals surface area contributed by atoms with Crippen molar-refractivity contribution < 1.29 is 10.2 Å². The minimum Gasteiger partial charge on any atom is -0.390 e. The van der Waals surface area contributed by atoms with Crippen molar-refractivity contribution in [2.75, 3.05) is 5.73 Å². The van der Waals surface area contributed by atoms with Crippen LogP contribution in [0.4, 0.5) is 5.82 Å². The number of rotatable bonds is 3. The van der Waals surface area contributed by atoms with Gasteiger partial charge in [0, 0.05) is 39.3 Å².